The van der Waals surface area contributed by atoms with Crippen molar-refractivity contribution in [3.63, 3.8) is 0 Å². The smallest absolute Gasteiger partial charge is 0.413 e. The van der Waals surface area contributed by atoms with Gasteiger partial charge in [0.25, 0.3) is 0 Å². The monoisotopic (exact) mass is 492 g/mol. The molecule has 1 aliphatic carbocycles. The number of anilines is 1. The number of aryl methyl sites for hydroxylation is 1. The van der Waals surface area contributed by atoms with Gasteiger partial charge in [-0.25, -0.2) is 18.9 Å². The molecule has 11 heteroatoms. The summed E-state index contributed by atoms with van der Waals surface area (Å²) in [4.78, 5) is 26.3. The zero-order valence-electron chi connectivity index (χ0n) is 19.0. The third kappa shape index (κ3) is 4.37. The van der Waals surface area contributed by atoms with Crippen LogP contribution in [-0.4, -0.2) is 45.8 Å². The lowest BCUT2D eigenvalue weighted by atomic mass is 9.95. The van der Waals surface area contributed by atoms with Gasteiger partial charge in [-0.1, -0.05) is 22.6 Å². The molecule has 0 spiro atoms. The highest BCUT2D eigenvalue weighted by molar-refractivity contribution is 7.19. The van der Waals surface area contributed by atoms with Crippen molar-refractivity contribution >= 4 is 28.8 Å². The van der Waals surface area contributed by atoms with Gasteiger partial charge >= 0.3 is 6.09 Å². The number of aromatic nitrogens is 4. The molecule has 0 aliphatic heterocycles. The number of hydrogen-bond acceptors (Lipinski definition) is 8. The number of ether oxygens (including phenoxy) is 1. The summed E-state index contributed by atoms with van der Waals surface area (Å²) in [6, 6.07) is 8.56. The number of carbonyl (C=O) groups excluding carboxylic acids is 1. The maximum absolute atomic E-state index is 15.4. The first-order chi connectivity index (χ1) is 17.1. The minimum absolute atomic E-state index is 0.286. The molecule has 0 radical (unpaired) electrons. The summed E-state index contributed by atoms with van der Waals surface area (Å²) < 4.78 is 21.7. The predicted molar refractivity (Wildman–Crippen MR) is 131 cm³/mol. The molecule has 0 atom stereocenters. The van der Waals surface area contributed by atoms with E-state index < -0.39 is 11.9 Å². The zero-order chi connectivity index (χ0) is 24.4. The van der Waals surface area contributed by atoms with E-state index in [4.69, 9.17) is 14.7 Å². The van der Waals surface area contributed by atoms with Crippen LogP contribution in [0, 0.1) is 5.82 Å². The molecule has 1 N–H and O–H groups in total. The van der Waals surface area contributed by atoms with Gasteiger partial charge in [0, 0.05) is 23.5 Å². The number of nitrogens with zero attached hydrogens (tertiary/aromatic N) is 5. The Balaban J connectivity index is 1.65. The second-order valence-electron chi connectivity index (χ2n) is 7.60. The fourth-order valence-corrected chi connectivity index (χ4v) is 4.97. The van der Waals surface area contributed by atoms with Crippen LogP contribution in [-0.2, 0) is 22.4 Å². The van der Waals surface area contributed by atoms with Crippen LogP contribution < -0.4 is 5.32 Å². The largest absolute Gasteiger partial charge is 0.453 e. The summed E-state index contributed by atoms with van der Waals surface area (Å²) in [5.74, 6) is -0.460. The summed E-state index contributed by atoms with van der Waals surface area (Å²) in [5.41, 5.74) is 4.95. The van der Waals surface area contributed by atoms with Crippen LogP contribution in [0.5, 0.6) is 0 Å². The Hall–Kier alpha value is -4.12. The minimum atomic E-state index is -0.601. The van der Waals surface area contributed by atoms with Crippen LogP contribution in [0.1, 0.15) is 23.7 Å². The predicted octanol–water partition coefficient (Wildman–Crippen LogP) is 4.84. The van der Waals surface area contributed by atoms with Crippen molar-refractivity contribution in [3.8, 4) is 27.5 Å². The summed E-state index contributed by atoms with van der Waals surface area (Å²) in [7, 11) is 1.29. The molecule has 0 unspecified atom stereocenters. The number of halogens is 1. The molecule has 9 nitrogen and oxygen atoms in total. The van der Waals surface area contributed by atoms with Gasteiger partial charge in [-0.3, -0.25) is 10.3 Å². The van der Waals surface area contributed by atoms with Gasteiger partial charge in [0.05, 0.1) is 35.3 Å². The number of benzene rings is 1. The summed E-state index contributed by atoms with van der Waals surface area (Å²) in [6.45, 7) is 2.25. The van der Waals surface area contributed by atoms with Gasteiger partial charge in [-0.05, 0) is 49.6 Å². The number of oxime groups is 1. The lowest BCUT2D eigenvalue weighted by Crippen LogP contribution is -2.10. The highest BCUT2D eigenvalue weighted by Gasteiger charge is 2.30. The van der Waals surface area contributed by atoms with Crippen LogP contribution in [0.2, 0.25) is 0 Å². The fraction of sp³-hybridized carbons (Fsp3) is 0.208. The summed E-state index contributed by atoms with van der Waals surface area (Å²) in [6.07, 6.45) is 5.62. The normalized spacial score (nSPS) is 12.3. The number of fused-ring (bicyclic) bond motifs is 3. The van der Waals surface area contributed by atoms with Crippen LogP contribution in [0.15, 0.2) is 47.9 Å². The van der Waals surface area contributed by atoms with Crippen molar-refractivity contribution < 1.29 is 18.8 Å². The molecule has 1 amide bonds. The number of hydrogen-bond donors (Lipinski definition) is 1. The van der Waals surface area contributed by atoms with Gasteiger partial charge in [-0.15, -0.1) is 0 Å². The van der Waals surface area contributed by atoms with E-state index >= 15 is 4.39 Å². The summed E-state index contributed by atoms with van der Waals surface area (Å²) >= 11 is 1.30. The molecule has 1 aromatic carbocycles. The lowest BCUT2D eigenvalue weighted by molar-refractivity contribution is 0.160. The van der Waals surface area contributed by atoms with Crippen LogP contribution in [0.3, 0.4) is 0 Å². The molecular weight excluding hydrogens is 471 g/mol. The van der Waals surface area contributed by atoms with Crippen molar-refractivity contribution in [3.05, 3.63) is 65.4 Å². The highest BCUT2D eigenvalue weighted by Crippen LogP contribution is 2.44. The molecule has 0 bridgehead atoms. The van der Waals surface area contributed by atoms with E-state index in [1.54, 1.807) is 29.2 Å². The number of thiazole rings is 1. The van der Waals surface area contributed by atoms with E-state index in [9.17, 15) is 4.79 Å². The van der Waals surface area contributed by atoms with Crippen molar-refractivity contribution in [1.82, 2.24) is 19.7 Å². The van der Waals surface area contributed by atoms with Crippen LogP contribution >= 0.6 is 11.3 Å². The first-order valence-electron chi connectivity index (χ1n) is 10.9. The molecule has 4 aromatic rings. The molecule has 3 heterocycles. The number of carbonyl (C=O) groups is 1. The van der Waals surface area contributed by atoms with Gasteiger partial charge in [0.2, 0.25) is 0 Å². The molecule has 0 fully saturated rings. The van der Waals surface area contributed by atoms with Crippen molar-refractivity contribution in [1.29, 1.82) is 0 Å². The maximum atomic E-state index is 15.4. The van der Waals surface area contributed by atoms with Gasteiger partial charge < -0.3 is 9.57 Å². The average Bonchev–Trinajstić information content (AvgIpc) is 3.46. The van der Waals surface area contributed by atoms with Crippen molar-refractivity contribution in [2.45, 2.75) is 19.8 Å². The minimum Gasteiger partial charge on any atom is -0.453 e. The van der Waals surface area contributed by atoms with Gasteiger partial charge in [-0.2, -0.15) is 5.10 Å². The quantitative estimate of drug-likeness (QED) is 0.305. The Labute approximate surface area is 204 Å². The Morgan fingerprint density at radius 1 is 1.34 bits per heavy atom. The van der Waals surface area contributed by atoms with E-state index in [2.05, 4.69) is 20.4 Å². The molecule has 35 heavy (non-hydrogen) atoms. The fourth-order valence-electron chi connectivity index (χ4n) is 3.92. The number of amides is 1. The zero-order valence-corrected chi connectivity index (χ0v) is 19.8. The molecule has 0 saturated carbocycles. The van der Waals surface area contributed by atoms with Gasteiger partial charge in [0.15, 0.2) is 5.13 Å². The second kappa shape index (κ2) is 9.63. The molecular formula is C24H21FN6O3S. The van der Waals surface area contributed by atoms with Crippen molar-refractivity contribution in [2.75, 3.05) is 19.0 Å². The second-order valence-corrected chi connectivity index (χ2v) is 8.60. The topological polar surface area (TPSA) is 104 Å². The average molecular weight is 493 g/mol. The standard InChI is InChI=1S/C24H21FN6O3S/c1-3-34-27-12-14-6-9-19(17(25)11-14)31-21-16(20(30-31)15-5-4-10-26-13-15)7-8-18-22(21)35-23(28-18)29-24(32)33-2/h4-6,9-13H,3,7-8H2,1-2H3,(H,28,29,32)/b27-12+. The SMILES string of the molecule is CCO/N=C/c1ccc(-n2nc(-c3cccnc3)c3c2-c2sc(NC(=O)OC)nc2CC3)c(F)c1. The Kier molecular flexibility index (Phi) is 6.23. The third-order valence-electron chi connectivity index (χ3n) is 5.44. The maximum Gasteiger partial charge on any atom is 0.413 e. The molecule has 5 rings (SSSR count). The van der Waals surface area contributed by atoms with Crippen LogP contribution in [0.4, 0.5) is 14.3 Å². The number of nitrogens with one attached hydrogen (secondary N) is 1. The van der Waals surface area contributed by atoms with E-state index in [0.717, 1.165) is 33.1 Å². The highest BCUT2D eigenvalue weighted by atomic mass is 32.1. The molecule has 0 saturated heterocycles. The molecule has 178 valence electrons. The van der Waals surface area contributed by atoms with E-state index in [-0.39, 0.29) is 5.69 Å². The molecule has 3 aromatic heterocycles. The Morgan fingerprint density at radius 3 is 2.97 bits per heavy atom. The van der Waals surface area contributed by atoms with Gasteiger partial charge in [0.1, 0.15) is 18.1 Å². The number of pyridine rings is 1. The molecule has 1 aliphatic rings. The Bertz CT molecular complexity index is 1420. The van der Waals surface area contributed by atoms with Crippen LogP contribution in [0.25, 0.3) is 27.5 Å². The third-order valence-corrected chi connectivity index (χ3v) is 6.46. The van der Waals surface area contributed by atoms with Crippen molar-refractivity contribution in [2.24, 2.45) is 5.16 Å². The summed E-state index contributed by atoms with van der Waals surface area (Å²) in [5, 5.41) is 11.7. The first kappa shape index (κ1) is 22.7. The first-order valence-corrected chi connectivity index (χ1v) is 11.7. The van der Waals surface area contributed by atoms with E-state index in [0.29, 0.717) is 30.1 Å². The number of methoxy groups -OCH3 is 1. The number of rotatable bonds is 6. The van der Waals surface area contributed by atoms with E-state index in [1.165, 1.54) is 30.7 Å². The Morgan fingerprint density at radius 2 is 2.23 bits per heavy atom. The van der Waals surface area contributed by atoms with E-state index in [1.807, 2.05) is 19.1 Å². The lowest BCUT2D eigenvalue weighted by Gasteiger charge is -2.14.